The van der Waals surface area contributed by atoms with Crippen LogP contribution < -0.4 is 0 Å². The van der Waals surface area contributed by atoms with Gasteiger partial charge in [0.05, 0.1) is 11.1 Å². The van der Waals surface area contributed by atoms with Crippen LogP contribution in [0, 0.1) is 0 Å². The summed E-state index contributed by atoms with van der Waals surface area (Å²) in [7, 11) is 0. The lowest BCUT2D eigenvalue weighted by molar-refractivity contribution is 0.0206. The molecule has 0 aromatic heterocycles. The molecular formula is C24H38O4. The average molecular weight is 391 g/mol. The van der Waals surface area contributed by atoms with Crippen molar-refractivity contribution in [3.05, 3.63) is 35.4 Å². The fourth-order valence-corrected chi connectivity index (χ4v) is 3.30. The summed E-state index contributed by atoms with van der Waals surface area (Å²) >= 11 is 0. The standard InChI is InChI=1S/C24H38O4/c1-5-9-15-19(13-7-3)27-23(25)21-17-11-12-18-22(21)24(26)28-20(14-8-4)16-10-6-2/h11-12,17-20H,5-10,13-16H2,1-4H3. The molecule has 0 saturated heterocycles. The molecule has 1 aromatic carbocycles. The zero-order chi connectivity index (χ0) is 20.8. The first kappa shape index (κ1) is 24.2. The number of carbonyl (C=O) groups is 2. The molecule has 0 spiro atoms. The lowest BCUT2D eigenvalue weighted by Gasteiger charge is -2.20. The van der Waals surface area contributed by atoms with Gasteiger partial charge in [0.15, 0.2) is 0 Å². The monoisotopic (exact) mass is 390 g/mol. The number of hydrogen-bond acceptors (Lipinski definition) is 4. The van der Waals surface area contributed by atoms with Crippen molar-refractivity contribution < 1.29 is 19.1 Å². The highest BCUT2D eigenvalue weighted by molar-refractivity contribution is 6.03. The highest BCUT2D eigenvalue weighted by Crippen LogP contribution is 2.19. The Kier molecular flexibility index (Phi) is 12.3. The van der Waals surface area contributed by atoms with Crippen LogP contribution in [0.2, 0.25) is 0 Å². The van der Waals surface area contributed by atoms with Gasteiger partial charge < -0.3 is 9.47 Å². The molecule has 0 heterocycles. The lowest BCUT2D eigenvalue weighted by atomic mass is 10.1. The van der Waals surface area contributed by atoms with Gasteiger partial charge in [0.25, 0.3) is 0 Å². The van der Waals surface area contributed by atoms with Gasteiger partial charge in [-0.05, 0) is 37.8 Å². The van der Waals surface area contributed by atoms with Crippen molar-refractivity contribution in [1.82, 2.24) is 0 Å². The van der Waals surface area contributed by atoms with Crippen LogP contribution in [0.15, 0.2) is 24.3 Å². The second-order valence-corrected chi connectivity index (χ2v) is 7.46. The maximum Gasteiger partial charge on any atom is 0.339 e. The highest BCUT2D eigenvalue weighted by atomic mass is 16.5. The third kappa shape index (κ3) is 8.45. The zero-order valence-electron chi connectivity index (χ0n) is 18.2. The minimum atomic E-state index is -0.428. The summed E-state index contributed by atoms with van der Waals surface area (Å²) in [4.78, 5) is 25.5. The molecule has 4 heteroatoms. The maximum atomic E-state index is 12.8. The van der Waals surface area contributed by atoms with Gasteiger partial charge in [-0.3, -0.25) is 0 Å². The molecule has 2 atom stereocenters. The molecule has 0 N–H and O–H groups in total. The molecular weight excluding hydrogens is 352 g/mol. The van der Waals surface area contributed by atoms with Crippen LogP contribution in [0.25, 0.3) is 0 Å². The van der Waals surface area contributed by atoms with Gasteiger partial charge in [-0.25, -0.2) is 9.59 Å². The van der Waals surface area contributed by atoms with Crippen LogP contribution in [0.3, 0.4) is 0 Å². The molecule has 0 radical (unpaired) electrons. The number of rotatable bonds is 14. The fourth-order valence-electron chi connectivity index (χ4n) is 3.30. The topological polar surface area (TPSA) is 52.6 Å². The molecule has 0 aliphatic rings. The smallest absolute Gasteiger partial charge is 0.339 e. The second kappa shape index (κ2) is 14.2. The van der Waals surface area contributed by atoms with Gasteiger partial charge in [0.2, 0.25) is 0 Å². The first-order chi connectivity index (χ1) is 13.6. The Labute approximate surface area is 171 Å². The van der Waals surface area contributed by atoms with Crippen LogP contribution in [-0.2, 0) is 9.47 Å². The summed E-state index contributed by atoms with van der Waals surface area (Å²) in [5.41, 5.74) is 0.603. The van der Waals surface area contributed by atoms with E-state index in [1.54, 1.807) is 24.3 Å². The predicted octanol–water partition coefficient (Wildman–Crippen LogP) is 6.72. The molecule has 0 fully saturated rings. The number of hydrogen-bond donors (Lipinski definition) is 0. The van der Waals surface area contributed by atoms with Gasteiger partial charge in [-0.2, -0.15) is 0 Å². The molecule has 0 saturated carbocycles. The normalized spacial score (nSPS) is 13.0. The molecule has 1 rings (SSSR count). The summed E-state index contributed by atoms with van der Waals surface area (Å²) in [5, 5.41) is 0. The molecule has 4 nitrogen and oxygen atoms in total. The van der Waals surface area contributed by atoms with Gasteiger partial charge in [0.1, 0.15) is 12.2 Å². The highest BCUT2D eigenvalue weighted by Gasteiger charge is 2.23. The summed E-state index contributed by atoms with van der Waals surface area (Å²) in [6.45, 7) is 8.42. The number of ether oxygens (including phenoxy) is 2. The molecule has 0 bridgehead atoms. The van der Waals surface area contributed by atoms with E-state index < -0.39 is 11.9 Å². The Balaban J connectivity index is 2.89. The Morgan fingerprint density at radius 3 is 1.39 bits per heavy atom. The van der Waals surface area contributed by atoms with Gasteiger partial charge >= 0.3 is 11.9 Å². The van der Waals surface area contributed by atoms with Crippen molar-refractivity contribution >= 4 is 11.9 Å². The van der Waals surface area contributed by atoms with E-state index in [0.717, 1.165) is 64.2 Å². The minimum absolute atomic E-state index is 0.0982. The van der Waals surface area contributed by atoms with E-state index in [1.165, 1.54) is 0 Å². The second-order valence-electron chi connectivity index (χ2n) is 7.46. The van der Waals surface area contributed by atoms with Crippen molar-refractivity contribution in [3.8, 4) is 0 Å². The predicted molar refractivity (Wildman–Crippen MR) is 114 cm³/mol. The van der Waals surface area contributed by atoms with Gasteiger partial charge in [-0.15, -0.1) is 0 Å². The molecule has 0 aliphatic heterocycles. The SMILES string of the molecule is CCCCC(CCC)OC(=O)c1ccccc1C(=O)OC(CCC)CCCC. The summed E-state index contributed by atoms with van der Waals surface area (Å²) in [5.74, 6) is -0.856. The zero-order valence-corrected chi connectivity index (χ0v) is 18.2. The first-order valence-electron chi connectivity index (χ1n) is 11.1. The summed E-state index contributed by atoms with van der Waals surface area (Å²) in [6.07, 6.45) is 9.31. The quantitative estimate of drug-likeness (QED) is 0.331. The molecule has 28 heavy (non-hydrogen) atoms. The number of carbonyl (C=O) groups excluding carboxylic acids is 2. The lowest BCUT2D eigenvalue weighted by Crippen LogP contribution is -2.23. The third-order valence-electron chi connectivity index (χ3n) is 4.89. The first-order valence-corrected chi connectivity index (χ1v) is 11.1. The largest absolute Gasteiger partial charge is 0.459 e. The maximum absolute atomic E-state index is 12.8. The van der Waals surface area contributed by atoms with Crippen LogP contribution in [0.1, 0.15) is 113 Å². The Bertz CT molecular complexity index is 531. The Hall–Kier alpha value is -1.84. The molecule has 2 unspecified atom stereocenters. The third-order valence-corrected chi connectivity index (χ3v) is 4.89. The number of unbranched alkanes of at least 4 members (excludes halogenated alkanes) is 2. The van der Waals surface area contributed by atoms with Crippen LogP contribution in [-0.4, -0.2) is 24.1 Å². The summed E-state index contributed by atoms with van der Waals surface area (Å²) in [6, 6.07) is 6.83. The van der Waals surface area contributed by atoms with Crippen LogP contribution in [0.4, 0.5) is 0 Å². The van der Waals surface area contributed by atoms with Crippen molar-refractivity contribution in [1.29, 1.82) is 0 Å². The van der Waals surface area contributed by atoms with Crippen molar-refractivity contribution in [2.45, 2.75) is 104 Å². The van der Waals surface area contributed by atoms with Crippen LogP contribution in [0.5, 0.6) is 0 Å². The van der Waals surface area contributed by atoms with E-state index >= 15 is 0 Å². The minimum Gasteiger partial charge on any atom is -0.459 e. The summed E-state index contributed by atoms with van der Waals surface area (Å²) < 4.78 is 11.5. The number of esters is 2. The van der Waals surface area contributed by atoms with Crippen LogP contribution >= 0.6 is 0 Å². The molecule has 1 aromatic rings. The number of benzene rings is 1. The van der Waals surface area contributed by atoms with Crippen molar-refractivity contribution in [2.24, 2.45) is 0 Å². The molecule has 0 amide bonds. The van der Waals surface area contributed by atoms with Gasteiger partial charge in [-0.1, -0.05) is 78.4 Å². The van der Waals surface area contributed by atoms with E-state index in [1.807, 2.05) is 0 Å². The molecule has 158 valence electrons. The van der Waals surface area contributed by atoms with E-state index in [0.29, 0.717) is 11.1 Å². The Morgan fingerprint density at radius 1 is 0.679 bits per heavy atom. The van der Waals surface area contributed by atoms with Crippen molar-refractivity contribution in [3.63, 3.8) is 0 Å². The van der Waals surface area contributed by atoms with E-state index in [9.17, 15) is 9.59 Å². The van der Waals surface area contributed by atoms with E-state index in [2.05, 4.69) is 27.7 Å². The van der Waals surface area contributed by atoms with E-state index in [-0.39, 0.29) is 12.2 Å². The molecule has 0 aliphatic carbocycles. The average Bonchev–Trinajstić information content (AvgIpc) is 2.70. The van der Waals surface area contributed by atoms with Crippen molar-refractivity contribution in [2.75, 3.05) is 0 Å². The van der Waals surface area contributed by atoms with Gasteiger partial charge in [0, 0.05) is 0 Å². The van der Waals surface area contributed by atoms with E-state index in [4.69, 9.17) is 9.47 Å². The Morgan fingerprint density at radius 2 is 1.07 bits per heavy atom. The fraction of sp³-hybridized carbons (Fsp3) is 0.667.